The van der Waals surface area contributed by atoms with Crippen LogP contribution in [0.4, 0.5) is 4.79 Å². The molecular formula is C13H17BrN2O2. The van der Waals surface area contributed by atoms with Crippen LogP contribution in [0.25, 0.3) is 0 Å². The van der Waals surface area contributed by atoms with E-state index in [2.05, 4.69) is 26.2 Å². The van der Waals surface area contributed by atoms with E-state index in [1.54, 1.807) is 0 Å². The number of amides is 1. The van der Waals surface area contributed by atoms with Gasteiger partial charge in [-0.25, -0.2) is 9.78 Å². The molecule has 0 radical (unpaired) electrons. The molecule has 2 rings (SSSR count). The number of nitrogens with one attached hydrogen (secondary N) is 1. The molecule has 98 valence electrons. The lowest BCUT2D eigenvalue weighted by molar-refractivity contribution is 0.0523. The van der Waals surface area contributed by atoms with Gasteiger partial charge in [0.1, 0.15) is 10.2 Å². The molecule has 1 heterocycles. The molecule has 0 aliphatic heterocycles. The predicted molar refractivity (Wildman–Crippen MR) is 72.5 cm³/mol. The van der Waals surface area contributed by atoms with Crippen molar-refractivity contribution in [1.82, 2.24) is 10.3 Å². The zero-order chi connectivity index (χ0) is 13.3. The number of nitrogens with zero attached hydrogens (tertiary/aromatic N) is 1. The molecule has 0 unspecified atom stereocenters. The first-order valence-electron chi connectivity index (χ1n) is 5.96. The van der Waals surface area contributed by atoms with Crippen LogP contribution in [0.3, 0.4) is 0 Å². The van der Waals surface area contributed by atoms with Crippen molar-refractivity contribution < 1.29 is 9.53 Å². The molecule has 1 N–H and O–H groups in total. The number of pyridine rings is 1. The van der Waals surface area contributed by atoms with Crippen molar-refractivity contribution >= 4 is 22.0 Å². The number of carbonyl (C=O) groups is 1. The second-order valence-corrected chi connectivity index (χ2v) is 6.32. The lowest BCUT2D eigenvalue weighted by Gasteiger charge is -2.19. The SMILES string of the molecule is CC(C)(C)OC(=O)N[C@H]1C[C@H]1c1ccc(Br)nc1. The lowest BCUT2D eigenvalue weighted by atomic mass is 10.2. The van der Waals surface area contributed by atoms with E-state index in [0.717, 1.165) is 16.6 Å². The Morgan fingerprint density at radius 2 is 2.22 bits per heavy atom. The van der Waals surface area contributed by atoms with Crippen molar-refractivity contribution in [2.24, 2.45) is 0 Å². The Morgan fingerprint density at radius 3 is 2.78 bits per heavy atom. The van der Waals surface area contributed by atoms with Gasteiger partial charge in [0.05, 0.1) is 0 Å². The molecule has 1 amide bonds. The fourth-order valence-corrected chi connectivity index (χ4v) is 2.02. The van der Waals surface area contributed by atoms with Crippen molar-refractivity contribution in [3.05, 3.63) is 28.5 Å². The molecule has 1 aromatic rings. The van der Waals surface area contributed by atoms with Crippen LogP contribution < -0.4 is 5.32 Å². The molecule has 5 heteroatoms. The van der Waals surface area contributed by atoms with Crippen LogP contribution in [-0.2, 0) is 4.74 Å². The van der Waals surface area contributed by atoms with E-state index in [9.17, 15) is 4.79 Å². The number of halogens is 1. The van der Waals surface area contributed by atoms with Crippen LogP contribution in [0.1, 0.15) is 38.7 Å². The molecule has 0 bridgehead atoms. The van der Waals surface area contributed by atoms with Gasteiger partial charge < -0.3 is 10.1 Å². The Morgan fingerprint density at radius 1 is 1.50 bits per heavy atom. The fraction of sp³-hybridized carbons (Fsp3) is 0.538. The summed E-state index contributed by atoms with van der Waals surface area (Å²) in [5.74, 6) is 0.359. The summed E-state index contributed by atoms with van der Waals surface area (Å²) in [5.41, 5.74) is 0.701. The summed E-state index contributed by atoms with van der Waals surface area (Å²) >= 11 is 3.30. The van der Waals surface area contributed by atoms with Crippen molar-refractivity contribution in [3.8, 4) is 0 Å². The number of alkyl carbamates (subject to hydrolysis) is 1. The molecule has 1 aromatic heterocycles. The third-order valence-corrected chi connectivity index (χ3v) is 3.14. The van der Waals surface area contributed by atoms with E-state index in [1.807, 2.05) is 39.1 Å². The van der Waals surface area contributed by atoms with Crippen molar-refractivity contribution in [1.29, 1.82) is 0 Å². The van der Waals surface area contributed by atoms with E-state index < -0.39 is 5.60 Å². The van der Waals surface area contributed by atoms with Crippen LogP contribution >= 0.6 is 15.9 Å². The molecule has 1 saturated carbocycles. The van der Waals surface area contributed by atoms with E-state index in [0.29, 0.717) is 5.92 Å². The second kappa shape index (κ2) is 4.88. The molecule has 1 fully saturated rings. The van der Waals surface area contributed by atoms with E-state index in [1.165, 1.54) is 0 Å². The first kappa shape index (κ1) is 13.3. The standard InChI is InChI=1S/C13H17BrN2O2/c1-13(2,3)18-12(17)16-10-6-9(10)8-4-5-11(14)15-7-8/h4-5,7,9-10H,6H2,1-3H3,(H,16,17)/t9-,10-/m0/s1. The zero-order valence-corrected chi connectivity index (χ0v) is 12.3. The Bertz CT molecular complexity index is 439. The van der Waals surface area contributed by atoms with E-state index in [-0.39, 0.29) is 12.1 Å². The number of rotatable bonds is 2. The first-order chi connectivity index (χ1) is 8.35. The molecule has 4 nitrogen and oxygen atoms in total. The van der Waals surface area contributed by atoms with Gasteiger partial charge in [0.15, 0.2) is 0 Å². The summed E-state index contributed by atoms with van der Waals surface area (Å²) in [7, 11) is 0. The fourth-order valence-electron chi connectivity index (χ4n) is 1.79. The largest absolute Gasteiger partial charge is 0.444 e. The number of hydrogen-bond donors (Lipinski definition) is 1. The topological polar surface area (TPSA) is 51.2 Å². The smallest absolute Gasteiger partial charge is 0.407 e. The monoisotopic (exact) mass is 312 g/mol. The summed E-state index contributed by atoms with van der Waals surface area (Å²) in [6.07, 6.45) is 2.44. The molecule has 0 saturated heterocycles. The number of carbonyl (C=O) groups excluding carboxylic acids is 1. The van der Waals surface area contributed by atoms with Gasteiger partial charge in [-0.3, -0.25) is 0 Å². The van der Waals surface area contributed by atoms with Gasteiger partial charge in [-0.05, 0) is 54.8 Å². The van der Waals surface area contributed by atoms with Gasteiger partial charge in [0.25, 0.3) is 0 Å². The molecule has 18 heavy (non-hydrogen) atoms. The highest BCUT2D eigenvalue weighted by Crippen LogP contribution is 2.40. The molecule has 1 aliphatic rings. The molecule has 0 spiro atoms. The van der Waals surface area contributed by atoms with Crippen LogP contribution in [0.15, 0.2) is 22.9 Å². The molecule has 0 aromatic carbocycles. The van der Waals surface area contributed by atoms with Gasteiger partial charge in [0, 0.05) is 18.2 Å². The highest BCUT2D eigenvalue weighted by molar-refractivity contribution is 9.10. The summed E-state index contributed by atoms with van der Waals surface area (Å²) < 4.78 is 6.04. The maximum Gasteiger partial charge on any atom is 0.407 e. The first-order valence-corrected chi connectivity index (χ1v) is 6.75. The van der Waals surface area contributed by atoms with Gasteiger partial charge >= 0.3 is 6.09 Å². The molecular weight excluding hydrogens is 296 g/mol. The maximum absolute atomic E-state index is 11.6. The quantitative estimate of drug-likeness (QED) is 0.853. The second-order valence-electron chi connectivity index (χ2n) is 5.51. The summed E-state index contributed by atoms with van der Waals surface area (Å²) in [6, 6.07) is 4.11. The maximum atomic E-state index is 11.6. The van der Waals surface area contributed by atoms with Gasteiger partial charge in [-0.2, -0.15) is 0 Å². The summed E-state index contributed by atoms with van der Waals surface area (Å²) in [4.78, 5) is 15.8. The number of aromatic nitrogens is 1. The minimum Gasteiger partial charge on any atom is -0.444 e. The van der Waals surface area contributed by atoms with Gasteiger partial charge in [-0.15, -0.1) is 0 Å². The molecule has 1 aliphatic carbocycles. The predicted octanol–water partition coefficient (Wildman–Crippen LogP) is 3.22. The normalized spacial score (nSPS) is 22.4. The van der Waals surface area contributed by atoms with Crippen LogP contribution in [0.2, 0.25) is 0 Å². The Kier molecular flexibility index (Phi) is 3.61. The third-order valence-electron chi connectivity index (χ3n) is 2.67. The van der Waals surface area contributed by atoms with Crippen LogP contribution in [-0.4, -0.2) is 22.7 Å². The van der Waals surface area contributed by atoms with Crippen molar-refractivity contribution in [2.75, 3.05) is 0 Å². The highest BCUT2D eigenvalue weighted by atomic mass is 79.9. The summed E-state index contributed by atoms with van der Waals surface area (Å²) in [6.45, 7) is 5.57. The van der Waals surface area contributed by atoms with Gasteiger partial charge in [-0.1, -0.05) is 6.07 Å². The Labute approximate surface area is 115 Å². The van der Waals surface area contributed by atoms with E-state index in [4.69, 9.17) is 4.74 Å². The third kappa shape index (κ3) is 3.70. The highest BCUT2D eigenvalue weighted by Gasteiger charge is 2.40. The minimum atomic E-state index is -0.451. The lowest BCUT2D eigenvalue weighted by Crippen LogP contribution is -2.34. The zero-order valence-electron chi connectivity index (χ0n) is 10.7. The summed E-state index contributed by atoms with van der Waals surface area (Å²) in [5, 5.41) is 2.87. The van der Waals surface area contributed by atoms with Crippen LogP contribution in [0.5, 0.6) is 0 Å². The molecule has 2 atom stereocenters. The number of hydrogen-bond acceptors (Lipinski definition) is 3. The average molecular weight is 313 g/mol. The minimum absolute atomic E-state index is 0.169. The number of ether oxygens (including phenoxy) is 1. The average Bonchev–Trinajstić information content (AvgIpc) is 2.95. The van der Waals surface area contributed by atoms with Gasteiger partial charge in [0.2, 0.25) is 0 Å². The Hall–Kier alpha value is -1.10. The van der Waals surface area contributed by atoms with Crippen molar-refractivity contribution in [2.45, 2.75) is 44.8 Å². The van der Waals surface area contributed by atoms with Crippen molar-refractivity contribution in [3.63, 3.8) is 0 Å². The van der Waals surface area contributed by atoms with Crippen LogP contribution in [0, 0.1) is 0 Å². The Balaban J connectivity index is 1.85. The van der Waals surface area contributed by atoms with E-state index >= 15 is 0 Å².